The molecule has 1 unspecified atom stereocenters. The number of thiophene rings is 1. The summed E-state index contributed by atoms with van der Waals surface area (Å²) in [5.74, 6) is 2.15. The molecule has 0 spiro atoms. The maximum atomic E-state index is 6.10. The molecule has 116 valence electrons. The molecule has 0 saturated heterocycles. The van der Waals surface area contributed by atoms with Crippen LogP contribution in [0.1, 0.15) is 31.7 Å². The fraction of sp³-hybridized carbons (Fsp3) is 0.562. The first-order chi connectivity index (χ1) is 9.97. The molecule has 0 aliphatic rings. The molecular weight excluding hydrogens is 282 g/mol. The third-order valence-corrected chi connectivity index (χ3v) is 4.60. The van der Waals surface area contributed by atoms with Crippen molar-refractivity contribution in [2.75, 3.05) is 13.6 Å². The molecule has 21 heavy (non-hydrogen) atoms. The summed E-state index contributed by atoms with van der Waals surface area (Å²) in [6.45, 7) is 8.08. The molecule has 0 aliphatic carbocycles. The van der Waals surface area contributed by atoms with Gasteiger partial charge in [0.2, 0.25) is 5.89 Å². The third kappa shape index (κ3) is 4.40. The number of rotatable bonds is 7. The second-order valence-corrected chi connectivity index (χ2v) is 6.88. The predicted molar refractivity (Wildman–Crippen MR) is 88.3 cm³/mol. The maximum absolute atomic E-state index is 6.10. The molecule has 4 nitrogen and oxygen atoms in total. The minimum Gasteiger partial charge on any atom is -0.440 e. The summed E-state index contributed by atoms with van der Waals surface area (Å²) in [4.78, 5) is 7.96. The van der Waals surface area contributed by atoms with Gasteiger partial charge in [0.05, 0.1) is 10.6 Å². The van der Waals surface area contributed by atoms with Gasteiger partial charge in [0, 0.05) is 12.6 Å². The van der Waals surface area contributed by atoms with Crippen LogP contribution in [0.2, 0.25) is 0 Å². The molecule has 0 saturated carbocycles. The third-order valence-electron chi connectivity index (χ3n) is 3.74. The van der Waals surface area contributed by atoms with E-state index in [0.29, 0.717) is 5.92 Å². The van der Waals surface area contributed by atoms with E-state index >= 15 is 0 Å². The molecule has 0 radical (unpaired) electrons. The van der Waals surface area contributed by atoms with E-state index in [1.54, 1.807) is 11.3 Å². The minimum absolute atomic E-state index is 0.257. The summed E-state index contributed by atoms with van der Waals surface area (Å²) < 4.78 is 5.77. The van der Waals surface area contributed by atoms with Gasteiger partial charge in [-0.15, -0.1) is 11.3 Å². The van der Waals surface area contributed by atoms with Gasteiger partial charge in [-0.05, 0) is 44.3 Å². The number of aryl methyl sites for hydroxylation is 1. The van der Waals surface area contributed by atoms with E-state index in [2.05, 4.69) is 30.8 Å². The summed E-state index contributed by atoms with van der Waals surface area (Å²) in [5, 5.41) is 2.04. The van der Waals surface area contributed by atoms with E-state index in [1.165, 1.54) is 0 Å². The highest BCUT2D eigenvalue weighted by atomic mass is 32.1. The fourth-order valence-electron chi connectivity index (χ4n) is 2.12. The van der Waals surface area contributed by atoms with E-state index < -0.39 is 0 Å². The largest absolute Gasteiger partial charge is 0.440 e. The van der Waals surface area contributed by atoms with Gasteiger partial charge < -0.3 is 15.1 Å². The normalized spacial score (nSPS) is 13.3. The van der Waals surface area contributed by atoms with Gasteiger partial charge in [0.15, 0.2) is 0 Å². The quantitative estimate of drug-likeness (QED) is 0.850. The SMILES string of the molecule is Cc1oc(-c2cccs2)nc1CN(C)CCC(N)C(C)C. The standard InChI is InChI=1S/C16H25N3OS/c1-11(2)13(17)7-8-19(4)10-14-12(3)20-16(18-14)15-6-5-9-21-15/h5-6,9,11,13H,7-8,10,17H2,1-4H3. The summed E-state index contributed by atoms with van der Waals surface area (Å²) >= 11 is 1.65. The van der Waals surface area contributed by atoms with Gasteiger partial charge in [-0.25, -0.2) is 4.98 Å². The molecule has 2 N–H and O–H groups in total. The Kier molecular flexibility index (Phi) is 5.56. The fourth-order valence-corrected chi connectivity index (χ4v) is 2.77. The van der Waals surface area contributed by atoms with Crippen LogP contribution in [0.15, 0.2) is 21.9 Å². The first kappa shape index (κ1) is 16.2. The summed E-state index contributed by atoms with van der Waals surface area (Å²) in [7, 11) is 2.10. The highest BCUT2D eigenvalue weighted by Gasteiger charge is 2.15. The van der Waals surface area contributed by atoms with Gasteiger partial charge in [0.1, 0.15) is 5.76 Å². The van der Waals surface area contributed by atoms with E-state index in [1.807, 2.05) is 24.4 Å². The van der Waals surface area contributed by atoms with Crippen LogP contribution < -0.4 is 5.73 Å². The van der Waals surface area contributed by atoms with Gasteiger partial charge in [-0.1, -0.05) is 19.9 Å². The molecule has 1 atom stereocenters. The Hall–Kier alpha value is -1.17. The summed E-state index contributed by atoms with van der Waals surface area (Å²) in [6.07, 6.45) is 1.00. The highest BCUT2D eigenvalue weighted by Crippen LogP contribution is 2.26. The zero-order valence-electron chi connectivity index (χ0n) is 13.3. The topological polar surface area (TPSA) is 55.3 Å². The van der Waals surface area contributed by atoms with Crippen LogP contribution in [0.25, 0.3) is 10.8 Å². The zero-order chi connectivity index (χ0) is 15.4. The Morgan fingerprint density at radius 3 is 2.81 bits per heavy atom. The Morgan fingerprint density at radius 1 is 1.43 bits per heavy atom. The van der Waals surface area contributed by atoms with Crippen molar-refractivity contribution in [3.05, 3.63) is 29.0 Å². The van der Waals surface area contributed by atoms with Crippen molar-refractivity contribution < 1.29 is 4.42 Å². The summed E-state index contributed by atoms with van der Waals surface area (Å²) in [5.41, 5.74) is 7.11. The zero-order valence-corrected chi connectivity index (χ0v) is 14.1. The van der Waals surface area contributed by atoms with Crippen molar-refractivity contribution in [1.29, 1.82) is 0 Å². The molecule has 0 aromatic carbocycles. The Bertz CT molecular complexity index is 548. The van der Waals surface area contributed by atoms with Crippen molar-refractivity contribution in [2.45, 2.75) is 39.8 Å². The highest BCUT2D eigenvalue weighted by molar-refractivity contribution is 7.13. The number of nitrogens with zero attached hydrogens (tertiary/aromatic N) is 2. The Morgan fingerprint density at radius 2 is 2.19 bits per heavy atom. The van der Waals surface area contributed by atoms with E-state index in [9.17, 15) is 0 Å². The van der Waals surface area contributed by atoms with Gasteiger partial charge >= 0.3 is 0 Å². The number of oxazole rings is 1. The maximum Gasteiger partial charge on any atom is 0.236 e. The molecule has 5 heteroatoms. The molecule has 2 heterocycles. The average Bonchev–Trinajstić information content (AvgIpc) is 3.06. The van der Waals surface area contributed by atoms with Crippen LogP contribution in [-0.4, -0.2) is 29.5 Å². The van der Waals surface area contributed by atoms with Crippen molar-refractivity contribution in [3.63, 3.8) is 0 Å². The molecular formula is C16H25N3OS. The number of aromatic nitrogens is 1. The lowest BCUT2D eigenvalue weighted by atomic mass is 10.0. The van der Waals surface area contributed by atoms with Crippen LogP contribution in [0.4, 0.5) is 0 Å². The molecule has 0 fully saturated rings. The second-order valence-electron chi connectivity index (χ2n) is 5.93. The first-order valence-electron chi connectivity index (χ1n) is 7.41. The second kappa shape index (κ2) is 7.20. The van der Waals surface area contributed by atoms with Crippen molar-refractivity contribution >= 4 is 11.3 Å². The lowest BCUT2D eigenvalue weighted by Crippen LogP contribution is -2.31. The first-order valence-corrected chi connectivity index (χ1v) is 8.29. The lowest BCUT2D eigenvalue weighted by Gasteiger charge is -2.20. The van der Waals surface area contributed by atoms with Crippen LogP contribution >= 0.6 is 11.3 Å². The van der Waals surface area contributed by atoms with Gasteiger partial charge in [-0.2, -0.15) is 0 Å². The van der Waals surface area contributed by atoms with Crippen molar-refractivity contribution in [1.82, 2.24) is 9.88 Å². The smallest absolute Gasteiger partial charge is 0.236 e. The molecule has 0 aliphatic heterocycles. The Labute approximate surface area is 131 Å². The van der Waals surface area contributed by atoms with E-state index in [-0.39, 0.29) is 6.04 Å². The van der Waals surface area contributed by atoms with E-state index in [4.69, 9.17) is 10.2 Å². The molecule has 2 aromatic heterocycles. The minimum atomic E-state index is 0.257. The monoisotopic (exact) mass is 307 g/mol. The number of hydrogen-bond acceptors (Lipinski definition) is 5. The van der Waals surface area contributed by atoms with Crippen molar-refractivity contribution in [2.24, 2.45) is 11.7 Å². The Balaban J connectivity index is 1.93. The van der Waals surface area contributed by atoms with Crippen LogP contribution in [-0.2, 0) is 6.54 Å². The average molecular weight is 307 g/mol. The van der Waals surface area contributed by atoms with E-state index in [0.717, 1.165) is 41.7 Å². The molecule has 2 rings (SSSR count). The number of hydrogen-bond donors (Lipinski definition) is 1. The molecule has 0 amide bonds. The van der Waals surface area contributed by atoms with Crippen LogP contribution in [0.3, 0.4) is 0 Å². The van der Waals surface area contributed by atoms with Gasteiger partial charge in [0.25, 0.3) is 0 Å². The van der Waals surface area contributed by atoms with Crippen LogP contribution in [0.5, 0.6) is 0 Å². The van der Waals surface area contributed by atoms with Crippen LogP contribution in [0, 0.1) is 12.8 Å². The van der Waals surface area contributed by atoms with Crippen molar-refractivity contribution in [3.8, 4) is 10.8 Å². The summed E-state index contributed by atoms with van der Waals surface area (Å²) in [6, 6.07) is 4.30. The number of nitrogens with two attached hydrogens (primary N) is 1. The molecule has 2 aromatic rings. The predicted octanol–water partition coefficient (Wildman–Crippen LogP) is 3.52. The lowest BCUT2D eigenvalue weighted by molar-refractivity contribution is 0.292. The molecule has 0 bridgehead atoms. The van der Waals surface area contributed by atoms with Gasteiger partial charge in [-0.3, -0.25) is 0 Å².